The van der Waals surface area contributed by atoms with Crippen molar-refractivity contribution in [2.24, 2.45) is 5.10 Å². The van der Waals surface area contributed by atoms with Crippen molar-refractivity contribution in [2.45, 2.75) is 0 Å². The van der Waals surface area contributed by atoms with Crippen LogP contribution < -0.4 is 5.43 Å². The first-order valence-electron chi connectivity index (χ1n) is 4.99. The number of hydrazone groups is 1. The molecule has 1 heterocycles. The quantitative estimate of drug-likeness (QED) is 0.509. The van der Waals surface area contributed by atoms with Gasteiger partial charge in [-0.15, -0.1) is 0 Å². The highest BCUT2D eigenvalue weighted by Crippen LogP contribution is 2.18. The lowest BCUT2D eigenvalue weighted by Gasteiger charge is -2.02. The SMILES string of the molecule is O=C(N/N=C/c1ccco1)c1cc(I)ccc1Cl. The summed E-state index contributed by atoms with van der Waals surface area (Å²) in [5.74, 6) is 0.199. The van der Waals surface area contributed by atoms with Crippen molar-refractivity contribution in [2.75, 3.05) is 0 Å². The number of benzene rings is 1. The number of hydrogen-bond donors (Lipinski definition) is 1. The zero-order valence-electron chi connectivity index (χ0n) is 9.06. The Morgan fingerprint density at radius 3 is 3.00 bits per heavy atom. The first-order valence-corrected chi connectivity index (χ1v) is 6.44. The lowest BCUT2D eigenvalue weighted by atomic mass is 10.2. The van der Waals surface area contributed by atoms with Gasteiger partial charge in [0.1, 0.15) is 5.76 Å². The fraction of sp³-hybridized carbons (Fsp3) is 0. The summed E-state index contributed by atoms with van der Waals surface area (Å²) >= 11 is 8.04. The Balaban J connectivity index is 2.06. The second kappa shape index (κ2) is 6.01. The lowest BCUT2D eigenvalue weighted by molar-refractivity contribution is 0.0955. The lowest BCUT2D eigenvalue weighted by Crippen LogP contribution is -2.18. The standard InChI is InChI=1S/C12H8ClIN2O2/c13-11-4-3-8(14)6-10(11)12(17)16-15-7-9-2-1-5-18-9/h1-7H,(H,16,17)/b15-7+. The molecule has 0 unspecified atom stereocenters. The van der Waals surface area contributed by atoms with Crippen LogP contribution in [0, 0.1) is 3.57 Å². The summed E-state index contributed by atoms with van der Waals surface area (Å²) in [4.78, 5) is 11.8. The summed E-state index contributed by atoms with van der Waals surface area (Å²) < 4.78 is 5.96. The van der Waals surface area contributed by atoms with Gasteiger partial charge in [0.05, 0.1) is 23.1 Å². The van der Waals surface area contributed by atoms with E-state index in [1.165, 1.54) is 12.5 Å². The van der Waals surface area contributed by atoms with E-state index in [4.69, 9.17) is 16.0 Å². The zero-order chi connectivity index (χ0) is 13.0. The molecule has 0 spiro atoms. The van der Waals surface area contributed by atoms with Gasteiger partial charge in [-0.25, -0.2) is 5.43 Å². The van der Waals surface area contributed by atoms with Crippen LogP contribution in [0.4, 0.5) is 0 Å². The minimum atomic E-state index is -0.360. The summed E-state index contributed by atoms with van der Waals surface area (Å²) in [6.07, 6.45) is 2.94. The Labute approximate surface area is 122 Å². The van der Waals surface area contributed by atoms with E-state index in [1.54, 1.807) is 24.3 Å². The maximum absolute atomic E-state index is 11.8. The second-order valence-electron chi connectivity index (χ2n) is 3.34. The summed E-state index contributed by atoms with van der Waals surface area (Å²) in [6, 6.07) is 8.66. The number of furan rings is 1. The van der Waals surface area contributed by atoms with Crippen molar-refractivity contribution in [3.05, 3.63) is 56.5 Å². The molecule has 0 aliphatic rings. The van der Waals surface area contributed by atoms with Crippen molar-refractivity contribution in [3.63, 3.8) is 0 Å². The monoisotopic (exact) mass is 374 g/mol. The smallest absolute Gasteiger partial charge is 0.272 e. The third-order valence-electron chi connectivity index (χ3n) is 2.07. The number of rotatable bonds is 3. The first-order chi connectivity index (χ1) is 8.66. The van der Waals surface area contributed by atoms with Crippen molar-refractivity contribution in [3.8, 4) is 0 Å². The number of hydrogen-bond acceptors (Lipinski definition) is 3. The van der Waals surface area contributed by atoms with Gasteiger partial charge in [-0.1, -0.05) is 11.6 Å². The van der Waals surface area contributed by atoms with E-state index in [0.29, 0.717) is 16.3 Å². The Hall–Kier alpha value is -1.34. The predicted molar refractivity (Wildman–Crippen MR) is 77.9 cm³/mol. The molecule has 0 saturated heterocycles. The van der Waals surface area contributed by atoms with Gasteiger partial charge in [0.15, 0.2) is 0 Å². The molecular weight excluding hydrogens is 367 g/mol. The van der Waals surface area contributed by atoms with Crippen LogP contribution >= 0.6 is 34.2 Å². The largest absolute Gasteiger partial charge is 0.463 e. The van der Waals surface area contributed by atoms with Crippen LogP contribution in [-0.4, -0.2) is 12.1 Å². The summed E-state index contributed by atoms with van der Waals surface area (Å²) in [5, 5.41) is 4.17. The molecular formula is C12H8ClIN2O2. The highest BCUT2D eigenvalue weighted by molar-refractivity contribution is 14.1. The Bertz CT molecular complexity index is 582. The van der Waals surface area contributed by atoms with E-state index in [-0.39, 0.29) is 5.91 Å². The zero-order valence-corrected chi connectivity index (χ0v) is 12.0. The average molecular weight is 375 g/mol. The summed E-state index contributed by atoms with van der Waals surface area (Å²) in [6.45, 7) is 0. The molecule has 0 fully saturated rings. The minimum Gasteiger partial charge on any atom is -0.463 e. The predicted octanol–water partition coefficient (Wildman–Crippen LogP) is 3.30. The highest BCUT2D eigenvalue weighted by Gasteiger charge is 2.09. The second-order valence-corrected chi connectivity index (χ2v) is 4.99. The number of nitrogens with one attached hydrogen (secondary N) is 1. The molecule has 18 heavy (non-hydrogen) atoms. The average Bonchev–Trinajstić information content (AvgIpc) is 2.85. The van der Waals surface area contributed by atoms with Gasteiger partial charge < -0.3 is 4.42 Å². The van der Waals surface area contributed by atoms with Crippen molar-refractivity contribution < 1.29 is 9.21 Å². The van der Waals surface area contributed by atoms with Crippen LogP contribution in [0.25, 0.3) is 0 Å². The summed E-state index contributed by atoms with van der Waals surface area (Å²) in [7, 11) is 0. The number of carbonyl (C=O) groups excluding carboxylic acids is 1. The molecule has 1 aromatic carbocycles. The van der Waals surface area contributed by atoms with Crippen molar-refractivity contribution in [1.82, 2.24) is 5.43 Å². The molecule has 0 aliphatic carbocycles. The van der Waals surface area contributed by atoms with Crippen LogP contribution in [-0.2, 0) is 0 Å². The van der Waals surface area contributed by atoms with E-state index in [9.17, 15) is 4.79 Å². The number of halogens is 2. The van der Waals surface area contributed by atoms with E-state index in [1.807, 2.05) is 6.07 Å². The van der Waals surface area contributed by atoms with Crippen molar-refractivity contribution >= 4 is 46.3 Å². The fourth-order valence-corrected chi connectivity index (χ4v) is 1.95. The third kappa shape index (κ3) is 3.33. The maximum Gasteiger partial charge on any atom is 0.272 e. The molecule has 1 N–H and O–H groups in total. The van der Waals surface area contributed by atoms with Crippen LogP contribution in [0.1, 0.15) is 16.1 Å². The van der Waals surface area contributed by atoms with E-state index in [0.717, 1.165) is 3.57 Å². The number of amides is 1. The van der Waals surface area contributed by atoms with Gasteiger partial charge in [0.2, 0.25) is 0 Å². The molecule has 2 aromatic rings. The molecule has 92 valence electrons. The third-order valence-corrected chi connectivity index (χ3v) is 3.07. The van der Waals surface area contributed by atoms with Gasteiger partial charge in [-0.3, -0.25) is 4.79 Å². The Morgan fingerprint density at radius 1 is 1.44 bits per heavy atom. The van der Waals surface area contributed by atoms with Gasteiger partial charge >= 0.3 is 0 Å². The van der Waals surface area contributed by atoms with Crippen molar-refractivity contribution in [1.29, 1.82) is 0 Å². The van der Waals surface area contributed by atoms with E-state index >= 15 is 0 Å². The van der Waals surface area contributed by atoms with E-state index in [2.05, 4.69) is 33.1 Å². The van der Waals surface area contributed by atoms with Crippen LogP contribution in [0.5, 0.6) is 0 Å². The van der Waals surface area contributed by atoms with Crippen LogP contribution in [0.15, 0.2) is 46.1 Å². The maximum atomic E-state index is 11.8. The van der Waals surface area contributed by atoms with Gasteiger partial charge in [0, 0.05) is 3.57 Å². The molecule has 0 radical (unpaired) electrons. The molecule has 0 atom stereocenters. The highest BCUT2D eigenvalue weighted by atomic mass is 127. The van der Waals surface area contributed by atoms with Crippen LogP contribution in [0.3, 0.4) is 0 Å². The van der Waals surface area contributed by atoms with E-state index < -0.39 is 0 Å². The summed E-state index contributed by atoms with van der Waals surface area (Å²) in [5.41, 5.74) is 2.78. The van der Waals surface area contributed by atoms with Crippen LogP contribution in [0.2, 0.25) is 5.02 Å². The molecule has 0 aliphatic heterocycles. The van der Waals surface area contributed by atoms with Gasteiger partial charge in [-0.05, 0) is 52.9 Å². The molecule has 2 rings (SSSR count). The topological polar surface area (TPSA) is 54.6 Å². The first kappa shape index (κ1) is 13.1. The molecule has 1 amide bonds. The number of nitrogens with zero attached hydrogens (tertiary/aromatic N) is 1. The number of carbonyl (C=O) groups is 1. The Morgan fingerprint density at radius 2 is 2.28 bits per heavy atom. The minimum absolute atomic E-state index is 0.360. The molecule has 1 aromatic heterocycles. The van der Waals surface area contributed by atoms with Gasteiger partial charge in [0.25, 0.3) is 5.91 Å². The van der Waals surface area contributed by atoms with Gasteiger partial charge in [-0.2, -0.15) is 5.10 Å². The normalized spacial score (nSPS) is 10.8. The fourth-order valence-electron chi connectivity index (χ4n) is 1.25. The molecule has 0 bridgehead atoms. The molecule has 6 heteroatoms. The molecule has 0 saturated carbocycles. The Kier molecular flexibility index (Phi) is 4.38. The molecule has 4 nitrogen and oxygen atoms in total.